The van der Waals surface area contributed by atoms with E-state index in [4.69, 9.17) is 4.74 Å². The first kappa shape index (κ1) is 31.1. The predicted octanol–water partition coefficient (Wildman–Crippen LogP) is 9.64. The summed E-state index contributed by atoms with van der Waals surface area (Å²) < 4.78 is 94.0. The van der Waals surface area contributed by atoms with Gasteiger partial charge in [0.25, 0.3) is 0 Å². The van der Waals surface area contributed by atoms with E-state index in [1.54, 1.807) is 12.1 Å². The van der Waals surface area contributed by atoms with E-state index in [-0.39, 0.29) is 30.5 Å². The molecule has 0 spiro atoms. The largest absolute Gasteiger partial charge is 0.490 e. The fourth-order valence-corrected chi connectivity index (χ4v) is 5.72. The molecule has 41 heavy (non-hydrogen) atoms. The molecule has 224 valence electrons. The van der Waals surface area contributed by atoms with E-state index in [0.29, 0.717) is 43.2 Å². The lowest BCUT2D eigenvalue weighted by atomic mass is 9.80. The van der Waals surface area contributed by atoms with Gasteiger partial charge in [0.2, 0.25) is 0 Å². The van der Waals surface area contributed by atoms with Gasteiger partial charge in [0.1, 0.15) is 5.75 Å². The van der Waals surface area contributed by atoms with Gasteiger partial charge in [-0.05, 0) is 87.8 Å². The normalized spacial score (nSPS) is 23.0. The van der Waals surface area contributed by atoms with Crippen molar-refractivity contribution < 1.29 is 35.8 Å². The zero-order valence-corrected chi connectivity index (χ0v) is 23.5. The van der Waals surface area contributed by atoms with Gasteiger partial charge in [0, 0.05) is 24.0 Å². The van der Waals surface area contributed by atoms with Gasteiger partial charge in [0.15, 0.2) is 29.0 Å². The molecule has 0 aromatic heterocycles. The molecule has 0 bridgehead atoms. The van der Waals surface area contributed by atoms with Gasteiger partial charge >= 0.3 is 6.11 Å². The maximum absolute atomic E-state index is 14.6. The topological polar surface area (TPSA) is 18.5 Å². The highest BCUT2D eigenvalue weighted by molar-refractivity contribution is 5.29. The SMILES string of the molecule is CCCCCc1ccc(OCC2CCC(C#CC3CCC(C(F)(F)Oc4cc(F)c(F)c(F)c4)CC3)CC2)c(F)c1. The van der Waals surface area contributed by atoms with Crippen LogP contribution < -0.4 is 9.47 Å². The molecule has 0 saturated heterocycles. The number of benzene rings is 2. The van der Waals surface area contributed by atoms with Crippen LogP contribution in [0.5, 0.6) is 11.5 Å². The molecule has 0 unspecified atom stereocenters. The summed E-state index contributed by atoms with van der Waals surface area (Å²) in [7, 11) is 0. The predicted molar refractivity (Wildman–Crippen MR) is 146 cm³/mol. The number of hydrogen-bond acceptors (Lipinski definition) is 2. The number of rotatable bonds is 10. The molecule has 2 nitrogen and oxygen atoms in total. The highest BCUT2D eigenvalue weighted by Crippen LogP contribution is 2.40. The van der Waals surface area contributed by atoms with Gasteiger partial charge in [-0.15, -0.1) is 0 Å². The number of alkyl halides is 2. The standard InChI is InChI=1S/C33H38F6O2/c1-2-3-4-5-24-14-17-31(28(34)18-24)40-21-25-10-8-22(9-11-25)6-7-23-12-15-26(16-13-23)33(38,39)41-27-19-29(35)32(37)30(36)20-27/h14,17-20,22-23,25-26H,2-5,8-13,15-16,21H2,1H3. The molecule has 2 aromatic carbocycles. The van der Waals surface area contributed by atoms with Crippen molar-refractivity contribution in [3.05, 3.63) is 59.2 Å². The Morgan fingerprint density at radius 2 is 1.39 bits per heavy atom. The molecule has 0 heterocycles. The molecule has 0 aliphatic heterocycles. The van der Waals surface area contributed by atoms with Crippen LogP contribution in [0.3, 0.4) is 0 Å². The van der Waals surface area contributed by atoms with Crippen LogP contribution in [-0.2, 0) is 6.42 Å². The highest BCUT2D eigenvalue weighted by Gasteiger charge is 2.44. The van der Waals surface area contributed by atoms with Gasteiger partial charge in [-0.3, -0.25) is 0 Å². The van der Waals surface area contributed by atoms with Gasteiger partial charge in [0.05, 0.1) is 12.5 Å². The van der Waals surface area contributed by atoms with E-state index in [0.717, 1.165) is 56.9 Å². The van der Waals surface area contributed by atoms with Crippen LogP contribution >= 0.6 is 0 Å². The van der Waals surface area contributed by atoms with Crippen LogP contribution in [0, 0.1) is 58.8 Å². The summed E-state index contributed by atoms with van der Waals surface area (Å²) in [6, 6.07) is 6.10. The number of aryl methyl sites for hydroxylation is 1. The van der Waals surface area contributed by atoms with E-state index in [2.05, 4.69) is 23.5 Å². The van der Waals surface area contributed by atoms with Crippen molar-refractivity contribution in [1.29, 1.82) is 0 Å². The van der Waals surface area contributed by atoms with E-state index in [1.807, 2.05) is 6.07 Å². The van der Waals surface area contributed by atoms with Crippen LogP contribution in [0.4, 0.5) is 26.3 Å². The smallest absolute Gasteiger partial charge is 0.400 e. The van der Waals surface area contributed by atoms with E-state index in [9.17, 15) is 26.3 Å². The lowest BCUT2D eigenvalue weighted by Crippen LogP contribution is -2.37. The Balaban J connectivity index is 1.17. The fourth-order valence-electron chi connectivity index (χ4n) is 5.72. The van der Waals surface area contributed by atoms with Crippen molar-refractivity contribution in [3.63, 3.8) is 0 Å². The van der Waals surface area contributed by atoms with E-state index in [1.165, 1.54) is 0 Å². The molecular formula is C33H38F6O2. The van der Waals surface area contributed by atoms with Crippen molar-refractivity contribution in [2.75, 3.05) is 6.61 Å². The molecule has 2 saturated carbocycles. The zero-order chi connectivity index (χ0) is 29.4. The zero-order valence-electron chi connectivity index (χ0n) is 23.5. The maximum Gasteiger partial charge on any atom is 0.400 e. The molecule has 2 fully saturated rings. The summed E-state index contributed by atoms with van der Waals surface area (Å²) in [6.45, 7) is 2.62. The maximum atomic E-state index is 14.6. The van der Waals surface area contributed by atoms with Gasteiger partial charge in [-0.1, -0.05) is 37.7 Å². The Hall–Kier alpha value is -2.82. The Bertz CT molecular complexity index is 1180. The monoisotopic (exact) mass is 580 g/mol. The lowest BCUT2D eigenvalue weighted by molar-refractivity contribution is -0.223. The van der Waals surface area contributed by atoms with Crippen LogP contribution in [0.15, 0.2) is 30.3 Å². The number of unbranched alkanes of at least 4 members (excludes halogenated alkanes) is 2. The first-order valence-corrected chi connectivity index (χ1v) is 14.8. The fraction of sp³-hybridized carbons (Fsp3) is 0.576. The third kappa shape index (κ3) is 8.83. The van der Waals surface area contributed by atoms with Crippen molar-refractivity contribution in [2.24, 2.45) is 23.7 Å². The van der Waals surface area contributed by atoms with Crippen molar-refractivity contribution >= 4 is 0 Å². The second-order valence-corrected chi connectivity index (χ2v) is 11.5. The Morgan fingerprint density at radius 1 is 0.780 bits per heavy atom. The highest BCUT2D eigenvalue weighted by atomic mass is 19.3. The third-order valence-electron chi connectivity index (χ3n) is 8.29. The first-order chi connectivity index (χ1) is 19.6. The molecule has 0 N–H and O–H groups in total. The minimum atomic E-state index is -3.63. The van der Waals surface area contributed by atoms with Gasteiger partial charge < -0.3 is 9.47 Å². The second-order valence-electron chi connectivity index (χ2n) is 11.5. The second kappa shape index (κ2) is 14.4. The molecule has 0 amide bonds. The summed E-state index contributed by atoms with van der Waals surface area (Å²) in [5.41, 5.74) is 0.997. The van der Waals surface area contributed by atoms with E-state index >= 15 is 0 Å². The van der Waals surface area contributed by atoms with Gasteiger partial charge in [-0.2, -0.15) is 8.78 Å². The summed E-state index contributed by atoms with van der Waals surface area (Å²) >= 11 is 0. The van der Waals surface area contributed by atoms with Crippen molar-refractivity contribution in [3.8, 4) is 23.3 Å². The third-order valence-corrected chi connectivity index (χ3v) is 8.29. The average Bonchev–Trinajstić information content (AvgIpc) is 2.95. The van der Waals surface area contributed by atoms with Crippen LogP contribution in [0.1, 0.15) is 83.1 Å². The molecule has 4 rings (SSSR count). The quantitative estimate of drug-likeness (QED) is 0.121. The number of ether oxygens (including phenoxy) is 2. The molecule has 0 radical (unpaired) electrons. The molecule has 2 aliphatic rings. The van der Waals surface area contributed by atoms with Crippen LogP contribution in [0.25, 0.3) is 0 Å². The minimum Gasteiger partial charge on any atom is -0.490 e. The minimum absolute atomic E-state index is 0.0109. The summed E-state index contributed by atoms with van der Waals surface area (Å²) in [5, 5.41) is 0. The molecular weight excluding hydrogens is 542 g/mol. The van der Waals surface area contributed by atoms with Crippen LogP contribution in [-0.4, -0.2) is 12.7 Å². The average molecular weight is 581 g/mol. The van der Waals surface area contributed by atoms with Crippen LogP contribution in [0.2, 0.25) is 0 Å². The van der Waals surface area contributed by atoms with Crippen molar-refractivity contribution in [1.82, 2.24) is 0 Å². The van der Waals surface area contributed by atoms with Crippen molar-refractivity contribution in [2.45, 2.75) is 90.1 Å². The number of halogens is 6. The Kier molecular flexibility index (Phi) is 10.9. The van der Waals surface area contributed by atoms with Gasteiger partial charge in [-0.25, -0.2) is 17.6 Å². The lowest BCUT2D eigenvalue weighted by Gasteiger charge is -2.32. The molecule has 8 heteroatoms. The first-order valence-electron chi connectivity index (χ1n) is 14.8. The van der Waals surface area contributed by atoms with E-state index < -0.39 is 35.2 Å². The molecule has 2 aromatic rings. The molecule has 2 aliphatic carbocycles. The number of hydrogen-bond donors (Lipinski definition) is 0. The summed E-state index contributed by atoms with van der Waals surface area (Å²) in [5.74, 6) is 0.483. The summed E-state index contributed by atoms with van der Waals surface area (Å²) in [6.07, 6.45) is 5.59. The molecule has 0 atom stereocenters. The summed E-state index contributed by atoms with van der Waals surface area (Å²) in [4.78, 5) is 0. The Labute approximate surface area is 238 Å². The Morgan fingerprint density at radius 3 is 1.98 bits per heavy atom.